The van der Waals surface area contributed by atoms with Gasteiger partial charge in [0.05, 0.1) is 11.9 Å². The van der Waals surface area contributed by atoms with E-state index < -0.39 is 0 Å². The first-order chi connectivity index (χ1) is 8.09. The van der Waals surface area contributed by atoms with Crippen LogP contribution in [0.2, 0.25) is 0 Å². The molecule has 0 N–H and O–H groups in total. The number of halogens is 1. The van der Waals surface area contributed by atoms with Crippen LogP contribution >= 0.6 is 15.9 Å². The molecule has 0 amide bonds. The summed E-state index contributed by atoms with van der Waals surface area (Å²) in [5.74, 6) is 0.760. The Morgan fingerprint density at radius 1 is 1.53 bits per heavy atom. The van der Waals surface area contributed by atoms with Gasteiger partial charge in [-0.05, 0) is 34.7 Å². The van der Waals surface area contributed by atoms with Crippen molar-refractivity contribution >= 4 is 21.6 Å². The summed E-state index contributed by atoms with van der Waals surface area (Å²) in [7, 11) is 3.69. The lowest BCUT2D eigenvalue weighted by Crippen LogP contribution is -2.28. The zero-order chi connectivity index (χ0) is 12.4. The summed E-state index contributed by atoms with van der Waals surface area (Å²) in [5, 5.41) is 4.07. The Kier molecular flexibility index (Phi) is 3.86. The van der Waals surface area contributed by atoms with Gasteiger partial charge < -0.3 is 4.90 Å². The van der Waals surface area contributed by atoms with Gasteiger partial charge in [-0.2, -0.15) is 5.10 Å². The molecule has 1 saturated carbocycles. The molecule has 0 saturated heterocycles. The number of hydrogen-bond acceptors (Lipinski definition) is 3. The number of rotatable bonds is 3. The smallest absolute Gasteiger partial charge is 0.282 e. The van der Waals surface area contributed by atoms with Crippen LogP contribution in [-0.4, -0.2) is 23.4 Å². The normalized spacial score (nSPS) is 16.4. The zero-order valence-corrected chi connectivity index (χ0v) is 11.9. The highest BCUT2D eigenvalue weighted by atomic mass is 79.9. The van der Waals surface area contributed by atoms with Crippen molar-refractivity contribution in [3.63, 3.8) is 0 Å². The van der Waals surface area contributed by atoms with E-state index >= 15 is 0 Å². The number of aromatic nitrogens is 2. The van der Waals surface area contributed by atoms with Crippen molar-refractivity contribution in [2.45, 2.75) is 25.7 Å². The van der Waals surface area contributed by atoms with Crippen molar-refractivity contribution in [1.82, 2.24) is 9.78 Å². The lowest BCUT2D eigenvalue weighted by atomic mass is 10.1. The number of anilines is 1. The third-order valence-electron chi connectivity index (χ3n) is 3.48. The highest BCUT2D eigenvalue weighted by molar-refractivity contribution is 9.10. The van der Waals surface area contributed by atoms with Crippen molar-refractivity contribution in [2.24, 2.45) is 13.0 Å². The average Bonchev–Trinajstić information content (AvgIpc) is 2.78. The largest absolute Gasteiger partial charge is 0.372 e. The Balaban J connectivity index is 2.16. The van der Waals surface area contributed by atoms with Crippen LogP contribution < -0.4 is 10.5 Å². The molecule has 0 aromatic carbocycles. The van der Waals surface area contributed by atoms with E-state index in [0.717, 1.165) is 18.2 Å². The van der Waals surface area contributed by atoms with Gasteiger partial charge in [-0.3, -0.25) is 4.79 Å². The minimum Gasteiger partial charge on any atom is -0.372 e. The van der Waals surface area contributed by atoms with Crippen LogP contribution in [0.5, 0.6) is 0 Å². The van der Waals surface area contributed by atoms with E-state index in [1.807, 2.05) is 7.05 Å². The maximum atomic E-state index is 11.8. The second kappa shape index (κ2) is 5.21. The highest BCUT2D eigenvalue weighted by Gasteiger charge is 2.19. The summed E-state index contributed by atoms with van der Waals surface area (Å²) in [4.78, 5) is 13.9. The first-order valence-electron chi connectivity index (χ1n) is 6.02. The van der Waals surface area contributed by atoms with Gasteiger partial charge in [0.15, 0.2) is 0 Å². The third kappa shape index (κ3) is 2.70. The van der Waals surface area contributed by atoms with Gasteiger partial charge in [0.1, 0.15) is 4.47 Å². The van der Waals surface area contributed by atoms with Gasteiger partial charge in [-0.25, -0.2) is 4.68 Å². The topological polar surface area (TPSA) is 38.1 Å². The SMILES string of the molecule is CN(CC1CCCC1)c1cnn(C)c(=O)c1Br. The average molecular weight is 300 g/mol. The first-order valence-corrected chi connectivity index (χ1v) is 6.82. The fourth-order valence-electron chi connectivity index (χ4n) is 2.45. The van der Waals surface area contributed by atoms with Crippen LogP contribution in [0.4, 0.5) is 5.69 Å². The van der Waals surface area contributed by atoms with Crippen LogP contribution in [0.1, 0.15) is 25.7 Å². The van der Waals surface area contributed by atoms with Crippen molar-refractivity contribution in [2.75, 3.05) is 18.5 Å². The zero-order valence-electron chi connectivity index (χ0n) is 10.3. The second-order valence-electron chi connectivity index (χ2n) is 4.80. The quantitative estimate of drug-likeness (QED) is 0.858. The molecule has 94 valence electrons. The fraction of sp³-hybridized carbons (Fsp3) is 0.667. The van der Waals surface area contributed by atoms with Gasteiger partial charge in [0.25, 0.3) is 5.56 Å². The molecule has 0 aliphatic heterocycles. The Bertz CT molecular complexity index is 452. The molecule has 1 aliphatic carbocycles. The van der Waals surface area contributed by atoms with Gasteiger partial charge >= 0.3 is 0 Å². The van der Waals surface area contributed by atoms with Crippen LogP contribution in [0.15, 0.2) is 15.5 Å². The molecule has 0 bridgehead atoms. The van der Waals surface area contributed by atoms with E-state index in [1.54, 1.807) is 13.2 Å². The lowest BCUT2D eigenvalue weighted by molar-refractivity contribution is 0.545. The molecule has 2 rings (SSSR count). The minimum absolute atomic E-state index is 0.0826. The number of hydrogen-bond donors (Lipinski definition) is 0. The predicted molar refractivity (Wildman–Crippen MR) is 72.4 cm³/mol. The molecule has 0 radical (unpaired) electrons. The summed E-state index contributed by atoms with van der Waals surface area (Å²) in [5.41, 5.74) is 0.806. The lowest BCUT2D eigenvalue weighted by Gasteiger charge is -2.23. The highest BCUT2D eigenvalue weighted by Crippen LogP contribution is 2.28. The molecule has 1 fully saturated rings. The van der Waals surface area contributed by atoms with Gasteiger partial charge in [0, 0.05) is 20.6 Å². The number of aryl methyl sites for hydroxylation is 1. The minimum atomic E-state index is -0.0826. The third-order valence-corrected chi connectivity index (χ3v) is 4.22. The predicted octanol–water partition coefficient (Wildman–Crippen LogP) is 2.17. The standard InChI is InChI=1S/C12H18BrN3O/c1-15(8-9-5-3-4-6-9)10-7-14-16(2)12(17)11(10)13/h7,9H,3-6,8H2,1-2H3. The molecule has 1 heterocycles. The van der Waals surface area contributed by atoms with E-state index in [4.69, 9.17) is 0 Å². The molecule has 17 heavy (non-hydrogen) atoms. The molecule has 5 heteroatoms. The van der Waals surface area contributed by atoms with Crippen LogP contribution in [0, 0.1) is 5.92 Å². The summed E-state index contributed by atoms with van der Waals surface area (Å²) in [6, 6.07) is 0. The monoisotopic (exact) mass is 299 g/mol. The van der Waals surface area contributed by atoms with Crippen LogP contribution in [-0.2, 0) is 7.05 Å². The Hall–Kier alpha value is -0.840. The van der Waals surface area contributed by atoms with E-state index in [0.29, 0.717) is 4.47 Å². The Morgan fingerprint density at radius 2 is 2.18 bits per heavy atom. The second-order valence-corrected chi connectivity index (χ2v) is 5.60. The molecule has 1 aromatic rings. The molecule has 4 nitrogen and oxygen atoms in total. The van der Waals surface area contributed by atoms with E-state index in [-0.39, 0.29) is 5.56 Å². The Morgan fingerprint density at radius 3 is 2.82 bits per heavy atom. The summed E-state index contributed by atoms with van der Waals surface area (Å²) >= 11 is 3.37. The van der Waals surface area contributed by atoms with E-state index in [1.165, 1.54) is 30.4 Å². The molecule has 0 spiro atoms. The van der Waals surface area contributed by atoms with E-state index in [2.05, 4.69) is 25.9 Å². The molecule has 0 atom stereocenters. The maximum Gasteiger partial charge on any atom is 0.282 e. The summed E-state index contributed by atoms with van der Waals surface area (Å²) in [6.45, 7) is 1.01. The first kappa shape index (κ1) is 12.6. The van der Waals surface area contributed by atoms with Gasteiger partial charge in [0.2, 0.25) is 0 Å². The molecular weight excluding hydrogens is 282 g/mol. The van der Waals surface area contributed by atoms with E-state index in [9.17, 15) is 4.79 Å². The fourth-order valence-corrected chi connectivity index (χ4v) is 3.11. The van der Waals surface area contributed by atoms with Crippen LogP contribution in [0.25, 0.3) is 0 Å². The van der Waals surface area contributed by atoms with Crippen molar-refractivity contribution in [1.29, 1.82) is 0 Å². The molecular formula is C12H18BrN3O. The molecule has 0 unspecified atom stereocenters. The summed E-state index contributed by atoms with van der Waals surface area (Å²) < 4.78 is 1.95. The Labute approximate surface area is 110 Å². The van der Waals surface area contributed by atoms with Crippen molar-refractivity contribution in [3.8, 4) is 0 Å². The molecule has 1 aliphatic rings. The number of nitrogens with zero attached hydrogens (tertiary/aromatic N) is 3. The molecule has 1 aromatic heterocycles. The van der Waals surface area contributed by atoms with Crippen LogP contribution in [0.3, 0.4) is 0 Å². The van der Waals surface area contributed by atoms with Gasteiger partial charge in [-0.15, -0.1) is 0 Å². The van der Waals surface area contributed by atoms with Crippen molar-refractivity contribution < 1.29 is 0 Å². The maximum absolute atomic E-state index is 11.8. The van der Waals surface area contributed by atoms with Crippen molar-refractivity contribution in [3.05, 3.63) is 21.0 Å². The summed E-state index contributed by atoms with van der Waals surface area (Å²) in [6.07, 6.45) is 7.05. The van der Waals surface area contributed by atoms with Gasteiger partial charge in [-0.1, -0.05) is 12.8 Å².